The summed E-state index contributed by atoms with van der Waals surface area (Å²) in [5.74, 6) is 1.87. The van der Waals surface area contributed by atoms with Crippen molar-refractivity contribution in [2.45, 2.75) is 25.4 Å². The van der Waals surface area contributed by atoms with E-state index in [2.05, 4.69) is 35.5 Å². The molecular formula is C19H27N3O2. The molecule has 1 aromatic heterocycles. The quantitative estimate of drug-likeness (QED) is 0.848. The Bertz CT molecular complexity index is 638. The topological polar surface area (TPSA) is 48.3 Å². The molecule has 24 heavy (non-hydrogen) atoms. The summed E-state index contributed by atoms with van der Waals surface area (Å²) >= 11 is 0. The van der Waals surface area contributed by atoms with E-state index in [-0.39, 0.29) is 6.10 Å². The predicted molar refractivity (Wildman–Crippen MR) is 94.3 cm³/mol. The Morgan fingerprint density at radius 1 is 1.33 bits per heavy atom. The van der Waals surface area contributed by atoms with Crippen LogP contribution in [0.1, 0.15) is 36.6 Å². The molecule has 5 nitrogen and oxygen atoms in total. The van der Waals surface area contributed by atoms with E-state index in [4.69, 9.17) is 9.47 Å². The maximum absolute atomic E-state index is 5.94. The molecule has 1 fully saturated rings. The fourth-order valence-corrected chi connectivity index (χ4v) is 3.37. The molecule has 1 aromatic carbocycles. The minimum Gasteiger partial charge on any atom is -0.497 e. The number of hydrogen-bond donors (Lipinski definition) is 1. The van der Waals surface area contributed by atoms with E-state index in [0.717, 1.165) is 31.9 Å². The van der Waals surface area contributed by atoms with Gasteiger partial charge in [-0.1, -0.05) is 19.1 Å². The lowest BCUT2D eigenvalue weighted by molar-refractivity contribution is 0.0838. The molecule has 0 radical (unpaired) electrons. The van der Waals surface area contributed by atoms with Crippen LogP contribution in [0.4, 0.5) is 0 Å². The number of nitrogens with zero attached hydrogens (tertiary/aromatic N) is 2. The second kappa shape index (κ2) is 7.81. The fraction of sp³-hybridized carbons (Fsp3) is 0.526. The van der Waals surface area contributed by atoms with Crippen LogP contribution in [-0.2, 0) is 11.8 Å². The van der Waals surface area contributed by atoms with Gasteiger partial charge < -0.3 is 14.8 Å². The molecular weight excluding hydrogens is 302 g/mol. The van der Waals surface area contributed by atoms with Crippen LogP contribution < -0.4 is 10.1 Å². The van der Waals surface area contributed by atoms with Gasteiger partial charge in [0.25, 0.3) is 0 Å². The first-order chi connectivity index (χ1) is 11.7. The van der Waals surface area contributed by atoms with Gasteiger partial charge in [-0.05, 0) is 36.1 Å². The van der Waals surface area contributed by atoms with Crippen LogP contribution in [0.5, 0.6) is 5.75 Å². The Labute approximate surface area is 144 Å². The summed E-state index contributed by atoms with van der Waals surface area (Å²) in [4.78, 5) is 0. The zero-order valence-corrected chi connectivity index (χ0v) is 14.7. The van der Waals surface area contributed by atoms with Gasteiger partial charge in [-0.2, -0.15) is 5.10 Å². The summed E-state index contributed by atoms with van der Waals surface area (Å²) in [7, 11) is 3.68. The number of aromatic nitrogens is 2. The van der Waals surface area contributed by atoms with E-state index in [1.54, 1.807) is 7.11 Å². The van der Waals surface area contributed by atoms with Gasteiger partial charge in [0.05, 0.1) is 12.8 Å². The average molecular weight is 329 g/mol. The van der Waals surface area contributed by atoms with Gasteiger partial charge in [-0.3, -0.25) is 4.68 Å². The molecule has 0 aliphatic carbocycles. The molecule has 1 aliphatic heterocycles. The molecule has 130 valence electrons. The second-order valence-corrected chi connectivity index (χ2v) is 6.55. The molecule has 0 saturated carbocycles. The van der Waals surface area contributed by atoms with Gasteiger partial charge in [0.15, 0.2) is 0 Å². The van der Waals surface area contributed by atoms with E-state index in [1.165, 1.54) is 11.3 Å². The van der Waals surface area contributed by atoms with Crippen LogP contribution in [-0.4, -0.2) is 36.6 Å². The van der Waals surface area contributed by atoms with Crippen molar-refractivity contribution in [3.63, 3.8) is 0 Å². The monoisotopic (exact) mass is 329 g/mol. The Morgan fingerprint density at radius 2 is 2.12 bits per heavy atom. The van der Waals surface area contributed by atoms with Crippen molar-refractivity contribution in [1.29, 1.82) is 0 Å². The molecule has 1 N–H and O–H groups in total. The van der Waals surface area contributed by atoms with Crippen LogP contribution in [0, 0.1) is 5.92 Å². The normalized spacial score (nSPS) is 21.8. The van der Waals surface area contributed by atoms with E-state index < -0.39 is 0 Å². The lowest BCUT2D eigenvalue weighted by Crippen LogP contribution is -2.28. The first-order valence-electron chi connectivity index (χ1n) is 8.63. The molecule has 0 amide bonds. The summed E-state index contributed by atoms with van der Waals surface area (Å²) in [5, 5.41) is 7.89. The zero-order chi connectivity index (χ0) is 16.9. The highest BCUT2D eigenvalue weighted by atomic mass is 16.5. The van der Waals surface area contributed by atoms with Crippen LogP contribution in [0.3, 0.4) is 0 Å². The first kappa shape index (κ1) is 17.0. The van der Waals surface area contributed by atoms with Crippen LogP contribution in [0.2, 0.25) is 0 Å². The van der Waals surface area contributed by atoms with Gasteiger partial charge in [-0.15, -0.1) is 0 Å². The largest absolute Gasteiger partial charge is 0.497 e. The van der Waals surface area contributed by atoms with E-state index in [0.29, 0.717) is 11.8 Å². The average Bonchev–Trinajstić information content (AvgIpc) is 3.23. The second-order valence-electron chi connectivity index (χ2n) is 6.55. The molecule has 2 heterocycles. The summed E-state index contributed by atoms with van der Waals surface area (Å²) in [5.41, 5.74) is 2.50. The number of benzene rings is 1. The van der Waals surface area contributed by atoms with Gasteiger partial charge in [0, 0.05) is 38.9 Å². The van der Waals surface area contributed by atoms with E-state index >= 15 is 0 Å². The molecule has 3 rings (SSSR count). The van der Waals surface area contributed by atoms with Crippen molar-refractivity contribution in [3.05, 3.63) is 47.8 Å². The molecule has 0 spiro atoms. The highest BCUT2D eigenvalue weighted by Gasteiger charge is 2.31. The summed E-state index contributed by atoms with van der Waals surface area (Å²) in [6.07, 6.45) is 3.09. The molecule has 5 heteroatoms. The minimum absolute atomic E-state index is 0.154. The SMILES string of the molecule is COc1ccc(C(C)CNC[C@@H]2CCO[C@H]2c2ccnn2C)cc1. The highest BCUT2D eigenvalue weighted by Crippen LogP contribution is 2.33. The third-order valence-electron chi connectivity index (χ3n) is 4.91. The first-order valence-corrected chi connectivity index (χ1v) is 8.63. The maximum atomic E-state index is 5.94. The molecule has 3 atom stereocenters. The Kier molecular flexibility index (Phi) is 5.53. The number of hydrogen-bond acceptors (Lipinski definition) is 4. The highest BCUT2D eigenvalue weighted by molar-refractivity contribution is 5.29. The summed E-state index contributed by atoms with van der Waals surface area (Å²) in [6, 6.07) is 10.4. The van der Waals surface area contributed by atoms with Gasteiger partial charge >= 0.3 is 0 Å². The van der Waals surface area contributed by atoms with Crippen LogP contribution >= 0.6 is 0 Å². The Morgan fingerprint density at radius 3 is 2.79 bits per heavy atom. The van der Waals surface area contributed by atoms with Crippen molar-refractivity contribution in [1.82, 2.24) is 15.1 Å². The zero-order valence-electron chi connectivity index (χ0n) is 14.7. The van der Waals surface area contributed by atoms with Crippen molar-refractivity contribution >= 4 is 0 Å². The fourth-order valence-electron chi connectivity index (χ4n) is 3.37. The van der Waals surface area contributed by atoms with Crippen LogP contribution in [0.15, 0.2) is 36.5 Å². The Balaban J connectivity index is 1.51. The van der Waals surface area contributed by atoms with Crippen molar-refractivity contribution in [2.24, 2.45) is 13.0 Å². The molecule has 1 unspecified atom stereocenters. The van der Waals surface area contributed by atoms with Crippen molar-refractivity contribution in [3.8, 4) is 5.75 Å². The molecule has 0 bridgehead atoms. The summed E-state index contributed by atoms with van der Waals surface area (Å²) in [6.45, 7) is 5.01. The molecule has 2 aromatic rings. The van der Waals surface area contributed by atoms with Gasteiger partial charge in [-0.25, -0.2) is 0 Å². The van der Waals surface area contributed by atoms with Gasteiger partial charge in [0.2, 0.25) is 0 Å². The maximum Gasteiger partial charge on any atom is 0.118 e. The number of aryl methyl sites for hydroxylation is 1. The lowest BCUT2D eigenvalue weighted by Gasteiger charge is -2.20. The third kappa shape index (κ3) is 3.79. The standard InChI is InChI=1S/C19H27N3O2/c1-14(15-4-6-17(23-3)7-5-15)12-20-13-16-9-11-24-19(16)18-8-10-21-22(18)2/h4-8,10,14,16,19-20H,9,11-13H2,1-3H3/t14?,16-,19+/m0/s1. The minimum atomic E-state index is 0.154. The number of nitrogens with one attached hydrogen (secondary N) is 1. The molecule has 1 aliphatic rings. The van der Waals surface area contributed by atoms with E-state index in [1.807, 2.05) is 30.1 Å². The predicted octanol–water partition coefficient (Wildman–Crippen LogP) is 2.90. The lowest BCUT2D eigenvalue weighted by atomic mass is 9.97. The van der Waals surface area contributed by atoms with Crippen LogP contribution in [0.25, 0.3) is 0 Å². The summed E-state index contributed by atoms with van der Waals surface area (Å²) < 4.78 is 13.1. The van der Waals surface area contributed by atoms with Crippen molar-refractivity contribution in [2.75, 3.05) is 26.8 Å². The Hall–Kier alpha value is -1.85. The third-order valence-corrected chi connectivity index (χ3v) is 4.91. The number of rotatable bonds is 7. The number of methoxy groups -OCH3 is 1. The van der Waals surface area contributed by atoms with Crippen molar-refractivity contribution < 1.29 is 9.47 Å². The van der Waals surface area contributed by atoms with E-state index in [9.17, 15) is 0 Å². The molecule has 1 saturated heterocycles. The number of ether oxygens (including phenoxy) is 2. The van der Waals surface area contributed by atoms with Gasteiger partial charge in [0.1, 0.15) is 11.9 Å². The smallest absolute Gasteiger partial charge is 0.118 e.